The van der Waals surface area contributed by atoms with E-state index in [9.17, 15) is 9.59 Å². The number of rotatable bonds is 5. The van der Waals surface area contributed by atoms with Crippen LogP contribution >= 0.6 is 11.8 Å². The maximum atomic E-state index is 11.6. The van der Waals surface area contributed by atoms with E-state index < -0.39 is 0 Å². The Kier molecular flexibility index (Phi) is 4.95. The van der Waals surface area contributed by atoms with Crippen molar-refractivity contribution in [2.45, 2.75) is 18.7 Å². The lowest BCUT2D eigenvalue weighted by atomic mass is 10.2. The smallest absolute Gasteiger partial charge is 0.316 e. The summed E-state index contributed by atoms with van der Waals surface area (Å²) in [6.07, 6.45) is 0. The number of H-pyrrole nitrogens is 1. The quantitative estimate of drug-likeness (QED) is 0.517. The topological polar surface area (TPSA) is 72.0 Å². The largest absolute Gasteiger partial charge is 0.460 e. The summed E-state index contributed by atoms with van der Waals surface area (Å²) in [5, 5.41) is 0.423. The van der Waals surface area contributed by atoms with Crippen LogP contribution in [0.25, 0.3) is 0 Å². The van der Waals surface area contributed by atoms with E-state index in [1.54, 1.807) is 6.92 Å². The first kappa shape index (κ1) is 14.3. The average molecular weight is 290 g/mol. The second-order valence-electron chi connectivity index (χ2n) is 4.13. The highest BCUT2D eigenvalue weighted by Gasteiger charge is 2.06. The SMILES string of the molecule is Cc1cc(=O)[nH]c(SCC(=O)OCc2ccccc2)n1. The summed E-state index contributed by atoms with van der Waals surface area (Å²) in [5.74, 6) is -0.234. The highest BCUT2D eigenvalue weighted by atomic mass is 32.2. The minimum absolute atomic E-state index is 0.110. The van der Waals surface area contributed by atoms with Crippen LogP contribution in [0.5, 0.6) is 0 Å². The van der Waals surface area contributed by atoms with Gasteiger partial charge in [0.25, 0.3) is 5.56 Å². The number of esters is 1. The first-order valence-electron chi connectivity index (χ1n) is 6.04. The molecule has 5 nitrogen and oxygen atoms in total. The highest BCUT2D eigenvalue weighted by Crippen LogP contribution is 2.11. The summed E-state index contributed by atoms with van der Waals surface area (Å²) in [5.41, 5.74) is 1.33. The maximum absolute atomic E-state index is 11.6. The first-order chi connectivity index (χ1) is 9.63. The van der Waals surface area contributed by atoms with E-state index in [4.69, 9.17) is 4.74 Å². The van der Waals surface area contributed by atoms with Gasteiger partial charge in [-0.1, -0.05) is 42.1 Å². The van der Waals surface area contributed by atoms with Gasteiger partial charge in [0.2, 0.25) is 0 Å². The van der Waals surface area contributed by atoms with Gasteiger partial charge in [-0.05, 0) is 12.5 Å². The molecule has 0 spiro atoms. The van der Waals surface area contributed by atoms with Crippen LogP contribution in [-0.4, -0.2) is 21.7 Å². The van der Waals surface area contributed by atoms with Crippen molar-refractivity contribution < 1.29 is 9.53 Å². The summed E-state index contributed by atoms with van der Waals surface area (Å²) in [7, 11) is 0. The normalized spacial score (nSPS) is 10.2. The summed E-state index contributed by atoms with van der Waals surface area (Å²) < 4.78 is 5.13. The lowest BCUT2D eigenvalue weighted by Crippen LogP contribution is -2.11. The fourth-order valence-electron chi connectivity index (χ4n) is 1.53. The predicted octanol–water partition coefficient (Wildman–Crippen LogP) is 1.91. The number of hydrogen-bond donors (Lipinski definition) is 1. The number of benzene rings is 1. The third kappa shape index (κ3) is 4.55. The molecule has 1 heterocycles. The summed E-state index contributed by atoms with van der Waals surface area (Å²) in [6.45, 7) is 1.98. The van der Waals surface area contributed by atoms with Crippen LogP contribution in [0.3, 0.4) is 0 Å². The van der Waals surface area contributed by atoms with Gasteiger partial charge in [-0.2, -0.15) is 0 Å². The number of nitrogens with zero attached hydrogens (tertiary/aromatic N) is 1. The molecule has 0 amide bonds. The monoisotopic (exact) mass is 290 g/mol. The van der Waals surface area contributed by atoms with Crippen molar-refractivity contribution in [3.8, 4) is 0 Å². The minimum Gasteiger partial charge on any atom is -0.460 e. The van der Waals surface area contributed by atoms with E-state index in [0.717, 1.165) is 17.3 Å². The Labute approximate surface area is 120 Å². The average Bonchev–Trinajstić information content (AvgIpc) is 2.43. The fraction of sp³-hybridized carbons (Fsp3) is 0.214. The lowest BCUT2D eigenvalue weighted by molar-refractivity contribution is -0.141. The van der Waals surface area contributed by atoms with Gasteiger partial charge in [0, 0.05) is 11.8 Å². The molecule has 2 rings (SSSR count). The van der Waals surface area contributed by atoms with Gasteiger partial charge in [-0.15, -0.1) is 0 Å². The van der Waals surface area contributed by atoms with Crippen molar-refractivity contribution in [2.75, 3.05) is 5.75 Å². The van der Waals surface area contributed by atoms with Gasteiger partial charge in [0.05, 0.1) is 5.75 Å². The number of aryl methyl sites for hydroxylation is 1. The van der Waals surface area contributed by atoms with E-state index in [1.165, 1.54) is 6.07 Å². The molecule has 0 unspecified atom stereocenters. The molecular formula is C14H14N2O3S. The molecule has 20 heavy (non-hydrogen) atoms. The Morgan fingerprint density at radius 1 is 1.35 bits per heavy atom. The third-order valence-corrected chi connectivity index (χ3v) is 3.26. The van der Waals surface area contributed by atoms with Crippen molar-refractivity contribution >= 4 is 17.7 Å². The molecule has 0 bridgehead atoms. The Bertz CT molecular complexity index is 640. The van der Waals surface area contributed by atoms with Gasteiger partial charge in [0.15, 0.2) is 5.16 Å². The molecule has 0 aliphatic heterocycles. The molecule has 0 aliphatic rings. The van der Waals surface area contributed by atoms with Crippen molar-refractivity contribution in [2.24, 2.45) is 0 Å². The molecule has 1 N–H and O–H groups in total. The first-order valence-corrected chi connectivity index (χ1v) is 7.02. The molecule has 2 aromatic rings. The number of aromatic amines is 1. The van der Waals surface area contributed by atoms with Gasteiger partial charge < -0.3 is 9.72 Å². The third-order valence-electron chi connectivity index (χ3n) is 2.42. The zero-order chi connectivity index (χ0) is 14.4. The molecule has 0 atom stereocenters. The second kappa shape index (κ2) is 6.91. The van der Waals surface area contributed by atoms with Gasteiger partial charge >= 0.3 is 5.97 Å². The van der Waals surface area contributed by atoms with Crippen LogP contribution < -0.4 is 5.56 Å². The summed E-state index contributed by atoms with van der Waals surface area (Å²) in [4.78, 5) is 29.5. The number of nitrogens with one attached hydrogen (secondary N) is 1. The Morgan fingerprint density at radius 2 is 2.10 bits per heavy atom. The second-order valence-corrected chi connectivity index (χ2v) is 5.09. The molecule has 104 valence electrons. The summed E-state index contributed by atoms with van der Waals surface area (Å²) in [6, 6.07) is 10.9. The van der Waals surface area contributed by atoms with Gasteiger partial charge in [0.1, 0.15) is 6.61 Å². The van der Waals surface area contributed by atoms with E-state index >= 15 is 0 Å². The van der Waals surface area contributed by atoms with Crippen LogP contribution in [-0.2, 0) is 16.1 Å². The highest BCUT2D eigenvalue weighted by molar-refractivity contribution is 7.99. The van der Waals surface area contributed by atoms with Crippen molar-refractivity contribution in [3.63, 3.8) is 0 Å². The standard InChI is InChI=1S/C14H14N2O3S/c1-10-7-12(17)16-14(15-10)20-9-13(18)19-8-11-5-3-2-4-6-11/h2-7H,8-9H2,1H3,(H,15,16,17). The minimum atomic E-state index is -0.344. The van der Waals surface area contributed by atoms with Crippen LogP contribution in [0.1, 0.15) is 11.3 Å². The van der Waals surface area contributed by atoms with Gasteiger partial charge in [-0.25, -0.2) is 4.98 Å². The Balaban J connectivity index is 1.82. The molecule has 0 aliphatic carbocycles. The van der Waals surface area contributed by atoms with Crippen molar-refractivity contribution in [3.05, 3.63) is 58.0 Å². The molecule has 0 saturated heterocycles. The number of aromatic nitrogens is 2. The Hall–Kier alpha value is -2.08. The zero-order valence-corrected chi connectivity index (χ0v) is 11.8. The molecule has 1 aromatic heterocycles. The molecule has 0 saturated carbocycles. The van der Waals surface area contributed by atoms with Crippen molar-refractivity contribution in [1.82, 2.24) is 9.97 Å². The summed E-state index contributed by atoms with van der Waals surface area (Å²) >= 11 is 1.15. The van der Waals surface area contributed by atoms with E-state index in [-0.39, 0.29) is 23.9 Å². The van der Waals surface area contributed by atoms with Crippen LogP contribution in [0.2, 0.25) is 0 Å². The molecular weight excluding hydrogens is 276 g/mol. The van der Waals surface area contributed by atoms with Crippen LogP contribution in [0, 0.1) is 6.92 Å². The number of hydrogen-bond acceptors (Lipinski definition) is 5. The number of thioether (sulfide) groups is 1. The molecule has 1 aromatic carbocycles. The Morgan fingerprint density at radius 3 is 2.80 bits per heavy atom. The number of carbonyl (C=O) groups is 1. The fourth-order valence-corrected chi connectivity index (χ4v) is 2.25. The predicted molar refractivity (Wildman–Crippen MR) is 76.6 cm³/mol. The van der Waals surface area contributed by atoms with Crippen LogP contribution in [0.15, 0.2) is 46.3 Å². The van der Waals surface area contributed by atoms with E-state index in [2.05, 4.69) is 9.97 Å². The number of ether oxygens (including phenoxy) is 1. The van der Waals surface area contributed by atoms with E-state index in [1.807, 2.05) is 30.3 Å². The van der Waals surface area contributed by atoms with Crippen molar-refractivity contribution in [1.29, 1.82) is 0 Å². The van der Waals surface area contributed by atoms with Gasteiger partial charge in [-0.3, -0.25) is 9.59 Å². The molecule has 6 heteroatoms. The lowest BCUT2D eigenvalue weighted by Gasteiger charge is -2.04. The zero-order valence-electron chi connectivity index (χ0n) is 11.0. The van der Waals surface area contributed by atoms with Crippen LogP contribution in [0.4, 0.5) is 0 Å². The number of carbonyl (C=O) groups excluding carboxylic acids is 1. The molecule has 0 fully saturated rings. The van der Waals surface area contributed by atoms with E-state index in [0.29, 0.717) is 10.9 Å². The molecule has 0 radical (unpaired) electrons. The maximum Gasteiger partial charge on any atom is 0.316 e.